The molecular weight excluding hydrogens is 336 g/mol. The third-order valence-electron chi connectivity index (χ3n) is 3.64. The zero-order valence-electron chi connectivity index (χ0n) is 14.3. The summed E-state index contributed by atoms with van der Waals surface area (Å²) in [7, 11) is 0. The predicted octanol–water partition coefficient (Wildman–Crippen LogP) is 2.29. The first-order chi connectivity index (χ1) is 12.6. The van der Waals surface area contributed by atoms with Gasteiger partial charge >= 0.3 is 12.1 Å². The lowest BCUT2D eigenvalue weighted by Crippen LogP contribution is -2.42. The van der Waals surface area contributed by atoms with Crippen LogP contribution in [0, 0.1) is 0 Å². The van der Waals surface area contributed by atoms with Gasteiger partial charge < -0.3 is 25.6 Å². The Balaban J connectivity index is 1.76. The Morgan fingerprint density at radius 3 is 2.35 bits per heavy atom. The average molecular weight is 358 g/mol. The molecule has 26 heavy (non-hydrogen) atoms. The first kappa shape index (κ1) is 19.3. The molecule has 7 heteroatoms. The number of amides is 1. The van der Waals surface area contributed by atoms with Gasteiger partial charge in [-0.1, -0.05) is 42.5 Å². The van der Waals surface area contributed by atoms with Gasteiger partial charge in [0, 0.05) is 13.0 Å². The molecule has 0 radical (unpaired) electrons. The van der Waals surface area contributed by atoms with E-state index in [2.05, 4.69) is 5.32 Å². The van der Waals surface area contributed by atoms with Crippen molar-refractivity contribution in [3.63, 3.8) is 0 Å². The minimum atomic E-state index is -1.15. The summed E-state index contributed by atoms with van der Waals surface area (Å²) < 4.78 is 10.5. The van der Waals surface area contributed by atoms with E-state index in [4.69, 9.17) is 15.2 Å². The number of hydrogen-bond acceptors (Lipinski definition) is 5. The van der Waals surface area contributed by atoms with Gasteiger partial charge in [-0.15, -0.1) is 0 Å². The van der Waals surface area contributed by atoms with Gasteiger partial charge in [-0.25, -0.2) is 9.59 Å². The lowest BCUT2D eigenvalue weighted by atomic mass is 10.2. The number of carbonyl (C=O) groups excluding carboxylic acids is 1. The highest BCUT2D eigenvalue weighted by atomic mass is 16.5. The molecule has 0 aliphatic rings. The molecule has 0 bridgehead atoms. The van der Waals surface area contributed by atoms with Gasteiger partial charge in [0.1, 0.15) is 18.4 Å². The van der Waals surface area contributed by atoms with Gasteiger partial charge in [0.15, 0.2) is 0 Å². The Morgan fingerprint density at radius 1 is 1.04 bits per heavy atom. The molecule has 0 spiro atoms. The van der Waals surface area contributed by atoms with E-state index < -0.39 is 18.1 Å². The van der Waals surface area contributed by atoms with Crippen LogP contribution in [-0.4, -0.2) is 29.8 Å². The van der Waals surface area contributed by atoms with E-state index in [0.717, 1.165) is 11.1 Å². The maximum Gasteiger partial charge on any atom is 0.408 e. The Kier molecular flexibility index (Phi) is 7.45. The van der Waals surface area contributed by atoms with Gasteiger partial charge in [0.05, 0.1) is 6.61 Å². The minimum Gasteiger partial charge on any atom is -0.494 e. The number of carboxylic acid groups (broad SMARTS) is 1. The largest absolute Gasteiger partial charge is 0.494 e. The number of hydrogen-bond donors (Lipinski definition) is 3. The summed E-state index contributed by atoms with van der Waals surface area (Å²) in [5.74, 6) is -0.540. The number of alkyl carbamates (subject to hydrolysis) is 1. The van der Waals surface area contributed by atoms with Crippen LogP contribution in [0.5, 0.6) is 5.75 Å². The Morgan fingerprint density at radius 2 is 1.73 bits per heavy atom. The molecule has 4 N–H and O–H groups in total. The van der Waals surface area contributed by atoms with E-state index in [-0.39, 0.29) is 19.6 Å². The van der Waals surface area contributed by atoms with Crippen LogP contribution >= 0.6 is 0 Å². The Labute approximate surface area is 151 Å². The van der Waals surface area contributed by atoms with Crippen molar-refractivity contribution in [2.45, 2.75) is 25.6 Å². The van der Waals surface area contributed by atoms with Crippen LogP contribution in [-0.2, 0) is 22.7 Å². The van der Waals surface area contributed by atoms with Crippen LogP contribution in [0.2, 0.25) is 0 Å². The van der Waals surface area contributed by atoms with Crippen molar-refractivity contribution in [2.75, 3.05) is 6.61 Å². The molecule has 0 saturated carbocycles. The molecule has 138 valence electrons. The number of nitrogens with two attached hydrogens (primary N) is 1. The summed E-state index contributed by atoms with van der Waals surface area (Å²) in [4.78, 5) is 23.1. The molecule has 0 aromatic heterocycles. The molecule has 2 rings (SSSR count). The van der Waals surface area contributed by atoms with Crippen LogP contribution in [0.4, 0.5) is 4.79 Å². The van der Waals surface area contributed by atoms with Gasteiger partial charge in [-0.05, 0) is 23.3 Å². The lowest BCUT2D eigenvalue weighted by Gasteiger charge is -2.15. The highest BCUT2D eigenvalue weighted by Gasteiger charge is 2.20. The van der Waals surface area contributed by atoms with Crippen molar-refractivity contribution in [2.24, 2.45) is 5.73 Å². The van der Waals surface area contributed by atoms with Crippen molar-refractivity contribution in [1.82, 2.24) is 5.32 Å². The summed E-state index contributed by atoms with van der Waals surface area (Å²) in [5, 5.41) is 11.6. The molecule has 0 unspecified atom stereocenters. The zero-order valence-corrected chi connectivity index (χ0v) is 14.3. The second-order valence-corrected chi connectivity index (χ2v) is 5.58. The van der Waals surface area contributed by atoms with Crippen LogP contribution in [0.1, 0.15) is 17.5 Å². The highest BCUT2D eigenvalue weighted by molar-refractivity contribution is 5.79. The quantitative estimate of drug-likeness (QED) is 0.634. The SMILES string of the molecule is NCc1ccc(OCC[C@H](NC(=O)OCc2ccccc2)C(=O)O)cc1. The molecule has 2 aromatic rings. The topological polar surface area (TPSA) is 111 Å². The maximum absolute atomic E-state index is 11.8. The first-order valence-electron chi connectivity index (χ1n) is 8.20. The second kappa shape index (κ2) is 10.0. The average Bonchev–Trinajstić information content (AvgIpc) is 2.67. The zero-order chi connectivity index (χ0) is 18.8. The van der Waals surface area contributed by atoms with Crippen LogP contribution in [0.3, 0.4) is 0 Å². The fourth-order valence-corrected chi connectivity index (χ4v) is 2.18. The van der Waals surface area contributed by atoms with Gasteiger partial charge in [-0.2, -0.15) is 0 Å². The smallest absolute Gasteiger partial charge is 0.408 e. The Bertz CT molecular complexity index is 704. The monoisotopic (exact) mass is 358 g/mol. The number of rotatable bonds is 9. The van der Waals surface area contributed by atoms with E-state index in [9.17, 15) is 14.7 Å². The van der Waals surface area contributed by atoms with Crippen LogP contribution in [0.15, 0.2) is 54.6 Å². The van der Waals surface area contributed by atoms with Gasteiger partial charge in [0.25, 0.3) is 0 Å². The molecular formula is C19H22N2O5. The van der Waals surface area contributed by atoms with Gasteiger partial charge in [0.2, 0.25) is 0 Å². The molecule has 0 saturated heterocycles. The molecule has 2 aromatic carbocycles. The van der Waals surface area contributed by atoms with E-state index in [1.807, 2.05) is 42.5 Å². The van der Waals surface area contributed by atoms with Crippen molar-refractivity contribution >= 4 is 12.1 Å². The number of aliphatic carboxylic acids is 1. The highest BCUT2D eigenvalue weighted by Crippen LogP contribution is 2.12. The van der Waals surface area contributed by atoms with Crippen molar-refractivity contribution in [3.8, 4) is 5.75 Å². The standard InChI is InChI=1S/C19H22N2O5/c20-12-14-6-8-16(9-7-14)25-11-10-17(18(22)23)21-19(24)26-13-15-4-2-1-3-5-15/h1-9,17H,10-13,20H2,(H,21,24)(H,22,23)/t17-/m0/s1. The Hall–Kier alpha value is -3.06. The molecule has 1 amide bonds. The molecule has 7 nitrogen and oxygen atoms in total. The van der Waals surface area contributed by atoms with Gasteiger partial charge in [-0.3, -0.25) is 0 Å². The number of carboxylic acids is 1. The number of carbonyl (C=O) groups is 2. The summed E-state index contributed by atoms with van der Waals surface area (Å²) in [6.45, 7) is 0.650. The fraction of sp³-hybridized carbons (Fsp3) is 0.263. The normalized spacial score (nSPS) is 11.4. The number of nitrogens with one attached hydrogen (secondary N) is 1. The van der Waals surface area contributed by atoms with Crippen molar-refractivity contribution < 1.29 is 24.2 Å². The summed E-state index contributed by atoms with van der Waals surface area (Å²) in [5.41, 5.74) is 7.32. The lowest BCUT2D eigenvalue weighted by molar-refractivity contribution is -0.139. The second-order valence-electron chi connectivity index (χ2n) is 5.58. The third kappa shape index (κ3) is 6.45. The molecule has 0 heterocycles. The summed E-state index contributed by atoms with van der Waals surface area (Å²) >= 11 is 0. The molecule has 0 aliphatic heterocycles. The third-order valence-corrected chi connectivity index (χ3v) is 3.64. The van der Waals surface area contributed by atoms with E-state index in [1.54, 1.807) is 12.1 Å². The fourth-order valence-electron chi connectivity index (χ4n) is 2.18. The van der Waals surface area contributed by atoms with Crippen LogP contribution in [0.25, 0.3) is 0 Å². The predicted molar refractivity (Wildman–Crippen MR) is 95.6 cm³/mol. The molecule has 0 aliphatic carbocycles. The molecule has 1 atom stereocenters. The van der Waals surface area contributed by atoms with E-state index in [0.29, 0.717) is 12.3 Å². The summed E-state index contributed by atoms with van der Waals surface area (Å²) in [6.07, 6.45) is -0.678. The summed E-state index contributed by atoms with van der Waals surface area (Å²) in [6, 6.07) is 15.2. The van der Waals surface area contributed by atoms with E-state index in [1.165, 1.54) is 0 Å². The first-order valence-corrected chi connectivity index (χ1v) is 8.20. The van der Waals surface area contributed by atoms with E-state index >= 15 is 0 Å². The number of ether oxygens (including phenoxy) is 2. The number of benzene rings is 2. The van der Waals surface area contributed by atoms with Crippen molar-refractivity contribution in [1.29, 1.82) is 0 Å². The van der Waals surface area contributed by atoms with Crippen molar-refractivity contribution in [3.05, 3.63) is 65.7 Å². The maximum atomic E-state index is 11.8. The van der Waals surface area contributed by atoms with Crippen LogP contribution < -0.4 is 15.8 Å². The molecule has 0 fully saturated rings. The minimum absolute atomic E-state index is 0.0724.